The number of benzene rings is 1. The first-order chi connectivity index (χ1) is 11.4. The van der Waals surface area contributed by atoms with Gasteiger partial charge in [-0.3, -0.25) is 0 Å². The first kappa shape index (κ1) is 18.0. The number of esters is 1. The zero-order chi connectivity index (χ0) is 17.7. The molecule has 0 unspecified atom stereocenters. The topological polar surface area (TPSA) is 112 Å². The van der Waals surface area contributed by atoms with Crippen molar-refractivity contribution < 1.29 is 22.4 Å². The van der Waals surface area contributed by atoms with Crippen LogP contribution in [0.25, 0.3) is 0 Å². The molecule has 0 aliphatic carbocycles. The fourth-order valence-corrected chi connectivity index (χ4v) is 3.45. The zero-order valence-electron chi connectivity index (χ0n) is 13.5. The summed E-state index contributed by atoms with van der Waals surface area (Å²) in [5.41, 5.74) is 7.23. The Morgan fingerprint density at radius 1 is 1.29 bits per heavy atom. The Kier molecular flexibility index (Phi) is 5.63. The van der Waals surface area contributed by atoms with Crippen molar-refractivity contribution in [3.63, 3.8) is 0 Å². The Bertz CT molecular complexity index is 809. The van der Waals surface area contributed by atoms with Crippen molar-refractivity contribution in [2.24, 2.45) is 0 Å². The molecule has 0 amide bonds. The molecule has 0 aliphatic rings. The number of rotatable bonds is 7. The summed E-state index contributed by atoms with van der Waals surface area (Å²) in [6.07, 6.45) is 0.855. The lowest BCUT2D eigenvalue weighted by molar-refractivity contribution is 0.0563. The third kappa shape index (κ3) is 4.15. The summed E-state index contributed by atoms with van der Waals surface area (Å²) >= 11 is 0. The number of aryl methyl sites for hydroxylation is 1. The minimum Gasteiger partial charge on any atom is -0.463 e. The van der Waals surface area contributed by atoms with Crippen molar-refractivity contribution in [3.05, 3.63) is 47.4 Å². The number of sulfonamides is 1. The summed E-state index contributed by atoms with van der Waals surface area (Å²) in [5.74, 6) is -0.628. The molecule has 2 aromatic rings. The second-order valence-electron chi connectivity index (χ2n) is 5.13. The van der Waals surface area contributed by atoms with Gasteiger partial charge in [0.05, 0.1) is 7.11 Å². The fourth-order valence-electron chi connectivity index (χ4n) is 2.18. The summed E-state index contributed by atoms with van der Waals surface area (Å²) in [6, 6.07) is 8.40. The van der Waals surface area contributed by atoms with Crippen LogP contribution >= 0.6 is 0 Å². The van der Waals surface area contributed by atoms with E-state index in [1.165, 1.54) is 13.2 Å². The molecule has 1 heterocycles. The number of ether oxygens (including phenoxy) is 1. The minimum absolute atomic E-state index is 0.0392. The van der Waals surface area contributed by atoms with E-state index in [2.05, 4.69) is 9.46 Å². The van der Waals surface area contributed by atoms with Crippen LogP contribution in [0.15, 0.2) is 39.6 Å². The average molecular weight is 352 g/mol. The van der Waals surface area contributed by atoms with Gasteiger partial charge in [0.25, 0.3) is 0 Å². The second kappa shape index (κ2) is 7.50. The molecule has 1 aromatic carbocycles. The first-order valence-electron chi connectivity index (χ1n) is 7.42. The van der Waals surface area contributed by atoms with E-state index >= 15 is 0 Å². The number of hydrogen-bond donors (Lipinski definition) is 2. The van der Waals surface area contributed by atoms with Crippen LogP contribution in [0, 0.1) is 0 Å². The molecule has 130 valence electrons. The first-order valence-corrected chi connectivity index (χ1v) is 8.90. The molecule has 24 heavy (non-hydrogen) atoms. The molecule has 0 saturated heterocycles. The summed E-state index contributed by atoms with van der Waals surface area (Å²) < 4.78 is 37.2. The molecule has 3 N–H and O–H groups in total. The van der Waals surface area contributed by atoms with Gasteiger partial charge in [0.15, 0.2) is 0 Å². The normalized spacial score (nSPS) is 11.4. The van der Waals surface area contributed by atoms with Gasteiger partial charge in [0.2, 0.25) is 15.8 Å². The maximum atomic E-state index is 12.4. The summed E-state index contributed by atoms with van der Waals surface area (Å²) in [4.78, 5) is 11.5. The molecule has 0 aliphatic heterocycles. The van der Waals surface area contributed by atoms with Crippen LogP contribution in [0.1, 0.15) is 28.8 Å². The van der Waals surface area contributed by atoms with Gasteiger partial charge in [-0.15, -0.1) is 0 Å². The van der Waals surface area contributed by atoms with E-state index in [0.717, 1.165) is 5.56 Å². The van der Waals surface area contributed by atoms with Crippen molar-refractivity contribution in [1.29, 1.82) is 0 Å². The lowest BCUT2D eigenvalue weighted by Gasteiger charge is -2.06. The Balaban J connectivity index is 2.10. The number of methoxy groups -OCH3 is 1. The molecule has 0 bridgehead atoms. The van der Waals surface area contributed by atoms with Crippen LogP contribution in [0.2, 0.25) is 0 Å². The highest BCUT2D eigenvalue weighted by Gasteiger charge is 2.25. The number of furan rings is 1. The van der Waals surface area contributed by atoms with Crippen LogP contribution in [0.4, 0.5) is 5.69 Å². The molecule has 0 saturated carbocycles. The van der Waals surface area contributed by atoms with Crippen LogP contribution in [-0.2, 0) is 27.6 Å². The molecule has 0 atom stereocenters. The lowest BCUT2D eigenvalue weighted by Crippen LogP contribution is -2.26. The maximum absolute atomic E-state index is 12.4. The molecule has 7 nitrogen and oxygen atoms in total. The molecule has 0 spiro atoms. The average Bonchev–Trinajstić information content (AvgIpc) is 3.01. The van der Waals surface area contributed by atoms with E-state index in [1.54, 1.807) is 19.1 Å². The lowest BCUT2D eigenvalue weighted by atomic mass is 10.1. The summed E-state index contributed by atoms with van der Waals surface area (Å²) in [7, 11) is -2.57. The van der Waals surface area contributed by atoms with Crippen molar-refractivity contribution in [1.82, 2.24) is 4.72 Å². The highest BCUT2D eigenvalue weighted by Crippen LogP contribution is 2.22. The predicted molar refractivity (Wildman–Crippen MR) is 89.2 cm³/mol. The standard InChI is InChI=1S/C16H20N2O5S/c1-3-13-15(10-14(23-13)16(19)22-2)24(20,21)18-9-8-11-4-6-12(17)7-5-11/h4-7,10,18H,3,8-9,17H2,1-2H3. The molecular formula is C16H20N2O5S. The Morgan fingerprint density at radius 3 is 2.54 bits per heavy atom. The molecule has 2 rings (SSSR count). The monoisotopic (exact) mass is 352 g/mol. The van der Waals surface area contributed by atoms with E-state index in [-0.39, 0.29) is 23.0 Å². The van der Waals surface area contributed by atoms with E-state index < -0.39 is 16.0 Å². The number of nitrogens with two attached hydrogens (primary N) is 1. The number of nitrogen functional groups attached to an aromatic ring is 1. The van der Waals surface area contributed by atoms with Crippen molar-refractivity contribution in [3.8, 4) is 0 Å². The number of hydrogen-bond acceptors (Lipinski definition) is 6. The zero-order valence-corrected chi connectivity index (χ0v) is 14.4. The van der Waals surface area contributed by atoms with E-state index in [1.807, 2.05) is 12.1 Å². The Labute approximate surface area is 140 Å². The smallest absolute Gasteiger partial charge is 0.373 e. The summed E-state index contributed by atoms with van der Waals surface area (Å²) in [5, 5.41) is 0. The molecule has 0 fully saturated rings. The van der Waals surface area contributed by atoms with Gasteiger partial charge in [0, 0.05) is 24.7 Å². The van der Waals surface area contributed by atoms with Gasteiger partial charge in [0.1, 0.15) is 10.7 Å². The van der Waals surface area contributed by atoms with Crippen LogP contribution in [-0.4, -0.2) is 28.0 Å². The number of carbonyl (C=O) groups is 1. The molecular weight excluding hydrogens is 332 g/mol. The fraction of sp³-hybridized carbons (Fsp3) is 0.312. The van der Waals surface area contributed by atoms with E-state index in [4.69, 9.17) is 10.2 Å². The minimum atomic E-state index is -3.78. The number of carbonyl (C=O) groups excluding carboxylic acids is 1. The number of nitrogens with one attached hydrogen (secondary N) is 1. The van der Waals surface area contributed by atoms with E-state index in [9.17, 15) is 13.2 Å². The predicted octanol–water partition coefficient (Wildman–Crippen LogP) is 1.73. The van der Waals surface area contributed by atoms with Crippen molar-refractivity contribution in [2.75, 3.05) is 19.4 Å². The highest BCUT2D eigenvalue weighted by atomic mass is 32.2. The van der Waals surface area contributed by atoms with Gasteiger partial charge in [-0.05, 0) is 24.1 Å². The SMILES string of the molecule is CCc1oc(C(=O)OC)cc1S(=O)(=O)NCCc1ccc(N)cc1. The Hall–Kier alpha value is -2.32. The van der Waals surface area contributed by atoms with Crippen molar-refractivity contribution >= 4 is 21.7 Å². The highest BCUT2D eigenvalue weighted by molar-refractivity contribution is 7.89. The third-order valence-electron chi connectivity index (χ3n) is 3.45. The molecule has 0 radical (unpaired) electrons. The summed E-state index contributed by atoms with van der Waals surface area (Å²) in [6.45, 7) is 1.96. The van der Waals surface area contributed by atoms with Crippen molar-refractivity contribution in [2.45, 2.75) is 24.7 Å². The largest absolute Gasteiger partial charge is 0.463 e. The molecule has 8 heteroatoms. The Morgan fingerprint density at radius 2 is 1.96 bits per heavy atom. The van der Waals surface area contributed by atoms with Crippen LogP contribution in [0.5, 0.6) is 0 Å². The van der Waals surface area contributed by atoms with Gasteiger partial charge in [-0.1, -0.05) is 19.1 Å². The van der Waals surface area contributed by atoms with Gasteiger partial charge < -0.3 is 14.9 Å². The van der Waals surface area contributed by atoms with Gasteiger partial charge in [-0.2, -0.15) is 0 Å². The van der Waals surface area contributed by atoms with Gasteiger partial charge >= 0.3 is 5.97 Å². The number of anilines is 1. The maximum Gasteiger partial charge on any atom is 0.373 e. The van der Waals surface area contributed by atoms with Gasteiger partial charge in [-0.25, -0.2) is 17.9 Å². The van der Waals surface area contributed by atoms with Crippen LogP contribution in [0.3, 0.4) is 0 Å². The third-order valence-corrected chi connectivity index (χ3v) is 4.96. The quantitative estimate of drug-likeness (QED) is 0.580. The second-order valence-corrected chi connectivity index (χ2v) is 6.87. The van der Waals surface area contributed by atoms with Crippen LogP contribution < -0.4 is 10.5 Å². The molecule has 1 aromatic heterocycles. The van der Waals surface area contributed by atoms with E-state index in [0.29, 0.717) is 18.5 Å².